The summed E-state index contributed by atoms with van der Waals surface area (Å²) in [7, 11) is 2.78. The van der Waals surface area contributed by atoms with Crippen LogP contribution in [-0.2, 0) is 25.5 Å². The molecule has 1 aromatic carbocycles. The van der Waals surface area contributed by atoms with Crippen LogP contribution < -0.4 is 4.74 Å². The predicted octanol–water partition coefficient (Wildman–Crippen LogP) is 4.56. The lowest BCUT2D eigenvalue weighted by atomic mass is 10.1. The second-order valence-electron chi connectivity index (χ2n) is 8.71. The fourth-order valence-electron chi connectivity index (χ4n) is 3.42. The summed E-state index contributed by atoms with van der Waals surface area (Å²) in [4.78, 5) is 40.9. The molecule has 34 heavy (non-hydrogen) atoms. The smallest absolute Gasteiger partial charge is 0.411 e. The second-order valence-corrected chi connectivity index (χ2v) is 11.2. The lowest BCUT2D eigenvalue weighted by molar-refractivity contribution is -0.145. The molecule has 0 aliphatic carbocycles. The van der Waals surface area contributed by atoms with Gasteiger partial charge in [-0.2, -0.15) is 0 Å². The third kappa shape index (κ3) is 8.29. The number of rotatable bonds is 6. The SMILES string of the molecule is COC(=O)[C@@H]1C[C@H](N(Cc2ccc(OC)cc2)C(=O)OCC(Cl)(Cl)Cl)CN1C(=O)OC(C)(C)C. The Bertz CT molecular complexity index is 869. The van der Waals surface area contributed by atoms with Gasteiger partial charge in [-0.3, -0.25) is 9.80 Å². The van der Waals surface area contributed by atoms with Gasteiger partial charge in [-0.25, -0.2) is 14.4 Å². The van der Waals surface area contributed by atoms with Crippen molar-refractivity contribution in [3.05, 3.63) is 29.8 Å². The number of methoxy groups -OCH3 is 2. The van der Waals surface area contributed by atoms with Gasteiger partial charge in [0.15, 0.2) is 0 Å². The van der Waals surface area contributed by atoms with Gasteiger partial charge in [0.05, 0.1) is 20.3 Å². The average molecular weight is 540 g/mol. The molecule has 0 unspecified atom stereocenters. The maximum atomic E-state index is 13.0. The molecule has 0 saturated carbocycles. The van der Waals surface area contributed by atoms with Crippen molar-refractivity contribution in [2.24, 2.45) is 0 Å². The van der Waals surface area contributed by atoms with Crippen LogP contribution in [0.15, 0.2) is 24.3 Å². The molecule has 12 heteroatoms. The summed E-state index contributed by atoms with van der Waals surface area (Å²) >= 11 is 17.2. The molecule has 190 valence electrons. The van der Waals surface area contributed by atoms with Crippen molar-refractivity contribution < 1.29 is 33.3 Å². The van der Waals surface area contributed by atoms with Crippen molar-refractivity contribution in [1.82, 2.24) is 9.80 Å². The minimum atomic E-state index is -1.80. The fraction of sp³-hybridized carbons (Fsp3) is 0.591. The van der Waals surface area contributed by atoms with Gasteiger partial charge in [-0.05, 0) is 38.5 Å². The number of halogens is 3. The lowest BCUT2D eigenvalue weighted by Crippen LogP contribution is -2.45. The first-order valence-corrected chi connectivity index (χ1v) is 11.6. The molecular formula is C22H29Cl3N2O7. The molecule has 0 radical (unpaired) electrons. The summed E-state index contributed by atoms with van der Waals surface area (Å²) in [5.74, 6) is 0.0317. The molecule has 9 nitrogen and oxygen atoms in total. The Labute approximate surface area is 214 Å². The summed E-state index contributed by atoms with van der Waals surface area (Å²) in [6, 6.07) is 5.53. The molecule has 0 N–H and O–H groups in total. The van der Waals surface area contributed by atoms with Gasteiger partial charge in [-0.1, -0.05) is 46.9 Å². The number of hydrogen-bond donors (Lipinski definition) is 0. The minimum Gasteiger partial charge on any atom is -0.497 e. The molecule has 0 bridgehead atoms. The van der Waals surface area contributed by atoms with E-state index < -0.39 is 46.2 Å². The van der Waals surface area contributed by atoms with Crippen molar-refractivity contribution in [1.29, 1.82) is 0 Å². The molecule has 1 heterocycles. The molecule has 0 aromatic heterocycles. The largest absolute Gasteiger partial charge is 0.497 e. The van der Waals surface area contributed by atoms with Gasteiger partial charge in [0.1, 0.15) is 24.0 Å². The number of hydrogen-bond acceptors (Lipinski definition) is 7. The third-order valence-electron chi connectivity index (χ3n) is 4.93. The zero-order valence-corrected chi connectivity index (χ0v) is 21.9. The van der Waals surface area contributed by atoms with E-state index in [1.54, 1.807) is 52.1 Å². The second kappa shape index (κ2) is 11.6. The van der Waals surface area contributed by atoms with E-state index in [1.807, 2.05) is 0 Å². The van der Waals surface area contributed by atoms with Gasteiger partial charge in [0.25, 0.3) is 0 Å². The fourth-order valence-corrected chi connectivity index (χ4v) is 3.58. The van der Waals surface area contributed by atoms with Crippen LogP contribution >= 0.6 is 34.8 Å². The van der Waals surface area contributed by atoms with Crippen LogP contribution in [0.25, 0.3) is 0 Å². The minimum absolute atomic E-state index is 0.0215. The van der Waals surface area contributed by atoms with Crippen molar-refractivity contribution in [2.45, 2.75) is 55.2 Å². The van der Waals surface area contributed by atoms with Gasteiger partial charge in [-0.15, -0.1) is 0 Å². The Morgan fingerprint density at radius 3 is 2.21 bits per heavy atom. The highest BCUT2D eigenvalue weighted by atomic mass is 35.6. The lowest BCUT2D eigenvalue weighted by Gasteiger charge is -2.29. The van der Waals surface area contributed by atoms with Crippen LogP contribution in [0, 0.1) is 0 Å². The molecule has 1 fully saturated rings. The summed E-state index contributed by atoms with van der Waals surface area (Å²) in [6.45, 7) is 4.82. The summed E-state index contributed by atoms with van der Waals surface area (Å²) in [6.07, 6.45) is -1.34. The highest BCUT2D eigenvalue weighted by Crippen LogP contribution is 2.29. The van der Waals surface area contributed by atoms with Gasteiger partial charge in [0.2, 0.25) is 3.79 Å². The number of carbonyl (C=O) groups excluding carboxylic acids is 3. The van der Waals surface area contributed by atoms with E-state index in [0.717, 1.165) is 5.56 Å². The van der Waals surface area contributed by atoms with Gasteiger partial charge >= 0.3 is 18.2 Å². The monoisotopic (exact) mass is 538 g/mol. The van der Waals surface area contributed by atoms with E-state index in [0.29, 0.717) is 5.75 Å². The zero-order chi connectivity index (χ0) is 25.7. The number of alkyl halides is 3. The molecule has 1 aromatic rings. The zero-order valence-electron chi connectivity index (χ0n) is 19.7. The number of benzene rings is 1. The number of amides is 2. The number of carbonyl (C=O) groups is 3. The van der Waals surface area contributed by atoms with E-state index >= 15 is 0 Å². The maximum Gasteiger partial charge on any atom is 0.411 e. The van der Waals surface area contributed by atoms with Crippen molar-refractivity contribution in [3.8, 4) is 5.75 Å². The Kier molecular flexibility index (Phi) is 9.56. The Morgan fingerprint density at radius 1 is 1.09 bits per heavy atom. The van der Waals surface area contributed by atoms with Crippen LogP contribution in [0.2, 0.25) is 0 Å². The highest BCUT2D eigenvalue weighted by Gasteiger charge is 2.45. The summed E-state index contributed by atoms with van der Waals surface area (Å²) in [5.41, 5.74) is -0.0148. The van der Waals surface area contributed by atoms with Crippen molar-refractivity contribution >= 4 is 53.0 Å². The van der Waals surface area contributed by atoms with Crippen molar-refractivity contribution in [2.75, 3.05) is 27.4 Å². The number of esters is 1. The Balaban J connectivity index is 2.31. The number of nitrogens with zero attached hydrogens (tertiary/aromatic N) is 2. The number of likely N-dealkylation sites (tertiary alicyclic amines) is 1. The average Bonchev–Trinajstić information content (AvgIpc) is 3.19. The van der Waals surface area contributed by atoms with Gasteiger partial charge < -0.3 is 18.9 Å². The number of ether oxygens (including phenoxy) is 4. The molecule has 2 atom stereocenters. The quantitative estimate of drug-likeness (QED) is 0.297. The van der Waals surface area contributed by atoms with Gasteiger partial charge in [0, 0.05) is 19.5 Å². The molecule has 1 aliphatic rings. The first kappa shape index (κ1) is 28.1. The van der Waals surface area contributed by atoms with Crippen LogP contribution in [0.4, 0.5) is 9.59 Å². The van der Waals surface area contributed by atoms with Crippen LogP contribution in [-0.4, -0.2) is 76.8 Å². The van der Waals surface area contributed by atoms with Crippen LogP contribution in [0.5, 0.6) is 5.75 Å². The topological polar surface area (TPSA) is 94.6 Å². The standard InChI is InChI=1S/C22H29Cl3N2O7/c1-21(2,3)34-20(30)27-12-15(10-17(27)18(28)32-5)26(19(29)33-13-22(23,24)25)11-14-6-8-16(31-4)9-7-14/h6-9,15,17H,10-13H2,1-5H3/t15-,17-/m0/s1. The molecule has 2 rings (SSSR count). The Morgan fingerprint density at radius 2 is 1.71 bits per heavy atom. The highest BCUT2D eigenvalue weighted by molar-refractivity contribution is 6.67. The predicted molar refractivity (Wildman–Crippen MR) is 127 cm³/mol. The van der Waals surface area contributed by atoms with Crippen LogP contribution in [0.3, 0.4) is 0 Å². The molecule has 1 saturated heterocycles. The first-order chi connectivity index (χ1) is 15.7. The van der Waals surface area contributed by atoms with E-state index in [9.17, 15) is 14.4 Å². The maximum absolute atomic E-state index is 13.0. The van der Waals surface area contributed by atoms with Crippen LogP contribution in [0.1, 0.15) is 32.8 Å². The molecule has 2 amide bonds. The van der Waals surface area contributed by atoms with E-state index in [-0.39, 0.29) is 19.5 Å². The molecule has 0 spiro atoms. The summed E-state index contributed by atoms with van der Waals surface area (Å²) in [5, 5.41) is 0. The molecule has 1 aliphatic heterocycles. The van der Waals surface area contributed by atoms with E-state index in [4.69, 9.17) is 53.8 Å². The van der Waals surface area contributed by atoms with E-state index in [1.165, 1.54) is 16.9 Å². The van der Waals surface area contributed by atoms with Crippen molar-refractivity contribution in [3.63, 3.8) is 0 Å². The normalized spacial score (nSPS) is 18.3. The Hall–Kier alpha value is -2.10. The molecular weight excluding hydrogens is 511 g/mol. The third-order valence-corrected chi connectivity index (χ3v) is 5.25. The van der Waals surface area contributed by atoms with E-state index in [2.05, 4.69) is 0 Å². The first-order valence-electron chi connectivity index (χ1n) is 10.4. The summed E-state index contributed by atoms with van der Waals surface area (Å²) < 4.78 is 18.9.